The number of nitrogens with one attached hydrogen (secondary N) is 1. The first-order valence-electron chi connectivity index (χ1n) is 4.56. The fourth-order valence-corrected chi connectivity index (χ4v) is 0.800. The van der Waals surface area contributed by atoms with Crippen LogP contribution in [-0.4, -0.2) is 11.0 Å². The van der Waals surface area contributed by atoms with E-state index in [-0.39, 0.29) is 0 Å². The van der Waals surface area contributed by atoms with Gasteiger partial charge in [-0.2, -0.15) is 0 Å². The Balaban J connectivity index is 0.000000292. The van der Waals surface area contributed by atoms with Gasteiger partial charge in [-0.25, -0.2) is 4.57 Å². The number of unbranched alkanes of at least 4 members (excludes halogenated alkanes) is 1. The highest BCUT2D eigenvalue weighted by atomic mass is 16.4. The number of carbonyl (C=O) groups is 1. The zero-order chi connectivity index (χ0) is 10.8. The zero-order valence-corrected chi connectivity index (χ0v) is 8.40. The highest BCUT2D eigenvalue weighted by Gasteiger charge is 1.92. The van der Waals surface area contributed by atoms with Crippen LogP contribution in [0.1, 0.15) is 19.8 Å². The maximum absolute atomic E-state index is 9.14. The number of aromatic nitrogens is 2. The molecule has 4 nitrogen and oxygen atoms in total. The number of hydrogen-bond acceptors (Lipinski definition) is 2. The van der Waals surface area contributed by atoms with Gasteiger partial charge in [0, 0.05) is 0 Å². The molecule has 0 aliphatic carbocycles. The first kappa shape index (κ1) is 12.4. The molecule has 0 amide bonds. The fraction of sp³-hybridized carbons (Fsp3) is 0.400. The summed E-state index contributed by atoms with van der Waals surface area (Å²) < 4.78 is 2.16. The van der Waals surface area contributed by atoms with E-state index < -0.39 is 5.97 Å². The van der Waals surface area contributed by atoms with Crippen molar-refractivity contribution in [3.8, 4) is 0 Å². The van der Waals surface area contributed by atoms with Gasteiger partial charge in [-0.15, -0.1) is 0 Å². The minimum Gasteiger partial charge on any atom is -0.545 e. The summed E-state index contributed by atoms with van der Waals surface area (Å²) in [5, 5.41) is 9.14. The number of aryl methyl sites for hydroxylation is 1. The summed E-state index contributed by atoms with van der Waals surface area (Å²) in [5.74, 6) is -1.23. The third-order valence-electron chi connectivity index (χ3n) is 1.54. The largest absolute Gasteiger partial charge is 0.545 e. The third kappa shape index (κ3) is 7.09. The summed E-state index contributed by atoms with van der Waals surface area (Å²) in [4.78, 5) is 12.1. The van der Waals surface area contributed by atoms with Crippen LogP contribution in [0.4, 0.5) is 0 Å². The summed E-state index contributed by atoms with van der Waals surface area (Å²) in [6, 6.07) is 0. The van der Waals surface area contributed by atoms with E-state index in [1.165, 1.54) is 12.8 Å². The molecule has 1 N–H and O–H groups in total. The molecule has 0 bridgehead atoms. The molecule has 1 rings (SSSR count). The van der Waals surface area contributed by atoms with Crippen molar-refractivity contribution in [2.75, 3.05) is 0 Å². The third-order valence-corrected chi connectivity index (χ3v) is 1.54. The first-order chi connectivity index (χ1) is 6.70. The summed E-state index contributed by atoms with van der Waals surface area (Å²) in [6.07, 6.45) is 9.22. The van der Waals surface area contributed by atoms with Gasteiger partial charge in [0.25, 0.3) is 0 Å². The van der Waals surface area contributed by atoms with E-state index in [1.54, 1.807) is 0 Å². The lowest BCUT2D eigenvalue weighted by Gasteiger charge is -1.89. The Morgan fingerprint density at radius 2 is 2.36 bits per heavy atom. The second-order valence-corrected chi connectivity index (χ2v) is 2.73. The average molecular weight is 196 g/mol. The van der Waals surface area contributed by atoms with Crippen molar-refractivity contribution in [2.24, 2.45) is 0 Å². The molecular weight excluding hydrogens is 180 g/mol. The van der Waals surface area contributed by atoms with Crippen LogP contribution in [-0.2, 0) is 11.3 Å². The molecule has 78 valence electrons. The molecule has 0 saturated carbocycles. The highest BCUT2D eigenvalue weighted by Crippen LogP contribution is 1.84. The van der Waals surface area contributed by atoms with Crippen molar-refractivity contribution in [1.29, 1.82) is 0 Å². The lowest BCUT2D eigenvalue weighted by Crippen LogP contribution is -2.29. The van der Waals surface area contributed by atoms with Crippen LogP contribution in [0.25, 0.3) is 0 Å². The van der Waals surface area contributed by atoms with Gasteiger partial charge in [-0.1, -0.05) is 19.9 Å². The number of aliphatic carboxylic acids is 1. The van der Waals surface area contributed by atoms with Crippen LogP contribution < -0.4 is 9.67 Å². The number of carboxylic acids is 1. The molecule has 0 radical (unpaired) electrons. The minimum absolute atomic E-state index is 0.722. The van der Waals surface area contributed by atoms with Crippen molar-refractivity contribution < 1.29 is 14.5 Å². The number of H-pyrrole nitrogens is 1. The summed E-state index contributed by atoms with van der Waals surface area (Å²) >= 11 is 0. The Kier molecular flexibility index (Phi) is 7.13. The van der Waals surface area contributed by atoms with Gasteiger partial charge in [0.15, 0.2) is 0 Å². The van der Waals surface area contributed by atoms with Crippen LogP contribution in [0, 0.1) is 0 Å². The van der Waals surface area contributed by atoms with Crippen molar-refractivity contribution in [2.45, 2.75) is 26.3 Å². The number of aromatic amines is 1. The number of rotatable bonds is 4. The molecular formula is C10H16N2O2. The van der Waals surface area contributed by atoms with E-state index in [2.05, 4.69) is 29.3 Å². The predicted molar refractivity (Wildman–Crippen MR) is 51.1 cm³/mol. The summed E-state index contributed by atoms with van der Waals surface area (Å²) in [5.41, 5.74) is 0. The van der Waals surface area contributed by atoms with Gasteiger partial charge in [0.2, 0.25) is 6.33 Å². The molecule has 0 aliphatic heterocycles. The van der Waals surface area contributed by atoms with Crippen LogP contribution in [0.2, 0.25) is 0 Å². The number of carbonyl (C=O) groups excluding carboxylic acids is 1. The summed E-state index contributed by atoms with van der Waals surface area (Å²) in [7, 11) is 0. The van der Waals surface area contributed by atoms with E-state index in [1.807, 2.05) is 12.5 Å². The van der Waals surface area contributed by atoms with Gasteiger partial charge in [-0.05, 0) is 12.5 Å². The number of imidazole rings is 1. The molecule has 14 heavy (non-hydrogen) atoms. The lowest BCUT2D eigenvalue weighted by molar-refractivity contribution is -0.696. The molecule has 0 aliphatic rings. The summed E-state index contributed by atoms with van der Waals surface area (Å²) in [6.45, 7) is 6.24. The number of hydrogen-bond donors (Lipinski definition) is 1. The van der Waals surface area contributed by atoms with Crippen LogP contribution in [0.15, 0.2) is 31.4 Å². The topological polar surface area (TPSA) is 59.8 Å². The van der Waals surface area contributed by atoms with Gasteiger partial charge < -0.3 is 9.90 Å². The molecule has 1 heterocycles. The van der Waals surface area contributed by atoms with Crippen LogP contribution in [0.3, 0.4) is 0 Å². The standard InChI is InChI=1S/C7H12N2.C3H4O2/c1-2-3-5-9-6-4-8-7-9;1-2-3(4)5/h4,6-7H,2-3,5H2,1H3;2H,1H2,(H,4,5). The highest BCUT2D eigenvalue weighted by molar-refractivity contribution is 5.76. The van der Waals surface area contributed by atoms with E-state index in [4.69, 9.17) is 9.90 Å². The Morgan fingerprint density at radius 3 is 2.71 bits per heavy atom. The molecule has 1 aromatic heterocycles. The Bertz CT molecular complexity index is 255. The van der Waals surface area contributed by atoms with E-state index in [9.17, 15) is 0 Å². The maximum Gasteiger partial charge on any atom is 0.241 e. The molecule has 0 atom stereocenters. The molecule has 0 saturated heterocycles. The normalized spacial score (nSPS) is 8.64. The number of nitrogens with zero attached hydrogens (tertiary/aromatic N) is 1. The first-order valence-corrected chi connectivity index (χ1v) is 4.56. The minimum atomic E-state index is -1.23. The van der Waals surface area contributed by atoms with Gasteiger partial charge in [0.05, 0.1) is 12.5 Å². The monoisotopic (exact) mass is 196 g/mol. The average Bonchev–Trinajstić information content (AvgIpc) is 2.68. The predicted octanol–water partition coefficient (Wildman–Crippen LogP) is 0.0246. The van der Waals surface area contributed by atoms with E-state index in [0.717, 1.165) is 12.6 Å². The van der Waals surface area contributed by atoms with Gasteiger partial charge >= 0.3 is 0 Å². The number of carboxylic acid groups (broad SMARTS) is 1. The quantitative estimate of drug-likeness (QED) is 0.545. The molecule has 1 aromatic rings. The Morgan fingerprint density at radius 1 is 1.71 bits per heavy atom. The fourth-order valence-electron chi connectivity index (χ4n) is 0.800. The van der Waals surface area contributed by atoms with Crippen LogP contribution in [0.5, 0.6) is 0 Å². The Hall–Kier alpha value is -1.58. The molecule has 0 aromatic carbocycles. The van der Waals surface area contributed by atoms with Crippen LogP contribution >= 0.6 is 0 Å². The molecule has 0 spiro atoms. The van der Waals surface area contributed by atoms with Gasteiger partial charge in [0.1, 0.15) is 12.4 Å². The maximum atomic E-state index is 9.14. The SMILES string of the molecule is C=CC(=O)[O-].CCCC[n+]1cc[nH]c1. The van der Waals surface area contributed by atoms with Crippen molar-refractivity contribution in [3.63, 3.8) is 0 Å². The van der Waals surface area contributed by atoms with Crippen molar-refractivity contribution in [3.05, 3.63) is 31.4 Å². The van der Waals surface area contributed by atoms with E-state index >= 15 is 0 Å². The smallest absolute Gasteiger partial charge is 0.241 e. The van der Waals surface area contributed by atoms with E-state index in [0.29, 0.717) is 0 Å². The van der Waals surface area contributed by atoms with Gasteiger partial charge in [-0.3, -0.25) is 4.98 Å². The lowest BCUT2D eigenvalue weighted by atomic mass is 10.3. The Labute approximate surface area is 83.9 Å². The second kappa shape index (κ2) is 8.04. The van der Waals surface area contributed by atoms with Crippen molar-refractivity contribution in [1.82, 2.24) is 4.98 Å². The molecule has 0 fully saturated rings. The molecule has 0 unspecified atom stereocenters. The molecule has 4 heteroatoms. The van der Waals surface area contributed by atoms with Crippen molar-refractivity contribution >= 4 is 5.97 Å². The zero-order valence-electron chi connectivity index (χ0n) is 8.40. The second-order valence-electron chi connectivity index (χ2n) is 2.73.